The number of nitrogen functional groups attached to an aromatic ring is 1. The van der Waals surface area contributed by atoms with Crippen molar-refractivity contribution in [2.24, 2.45) is 0 Å². The fourth-order valence-corrected chi connectivity index (χ4v) is 2.12. The van der Waals surface area contributed by atoms with Crippen LogP contribution in [0.15, 0.2) is 66.7 Å². The summed E-state index contributed by atoms with van der Waals surface area (Å²) in [6.45, 7) is 0. The monoisotopic (exact) mass is 263 g/mol. The summed E-state index contributed by atoms with van der Waals surface area (Å²) < 4.78 is 5.47. The van der Waals surface area contributed by atoms with Crippen LogP contribution in [0.5, 0.6) is 5.75 Å². The highest BCUT2D eigenvalue weighted by atomic mass is 16.5. The molecule has 0 aliphatic rings. The van der Waals surface area contributed by atoms with Crippen molar-refractivity contribution < 1.29 is 9.53 Å². The molecule has 0 aromatic heterocycles. The quantitative estimate of drug-likeness (QED) is 0.436. The van der Waals surface area contributed by atoms with Crippen LogP contribution < -0.4 is 10.5 Å². The zero-order valence-corrected chi connectivity index (χ0v) is 10.7. The topological polar surface area (TPSA) is 52.3 Å². The maximum Gasteiger partial charge on any atom is 0.343 e. The zero-order chi connectivity index (χ0) is 13.9. The molecule has 3 heteroatoms. The van der Waals surface area contributed by atoms with Gasteiger partial charge in [-0.05, 0) is 24.3 Å². The van der Waals surface area contributed by atoms with E-state index < -0.39 is 0 Å². The average molecular weight is 263 g/mol. The van der Waals surface area contributed by atoms with E-state index in [1.54, 1.807) is 36.4 Å². The number of carbonyl (C=O) groups excluding carboxylic acids is 1. The van der Waals surface area contributed by atoms with Gasteiger partial charge in [-0.2, -0.15) is 0 Å². The Bertz CT molecular complexity index is 766. The van der Waals surface area contributed by atoms with Gasteiger partial charge in [0.2, 0.25) is 0 Å². The molecule has 0 aliphatic heterocycles. The lowest BCUT2D eigenvalue weighted by Gasteiger charge is -2.09. The van der Waals surface area contributed by atoms with Crippen LogP contribution in [-0.4, -0.2) is 5.97 Å². The van der Waals surface area contributed by atoms with Crippen LogP contribution in [0.25, 0.3) is 10.8 Å². The lowest BCUT2D eigenvalue weighted by molar-refractivity contribution is 0.0737. The largest absolute Gasteiger partial charge is 0.422 e. The van der Waals surface area contributed by atoms with Crippen molar-refractivity contribution in [3.05, 3.63) is 72.3 Å². The molecule has 3 aromatic rings. The zero-order valence-electron chi connectivity index (χ0n) is 10.7. The third-order valence-corrected chi connectivity index (χ3v) is 3.13. The van der Waals surface area contributed by atoms with Gasteiger partial charge >= 0.3 is 5.97 Å². The summed E-state index contributed by atoms with van der Waals surface area (Å²) in [4.78, 5) is 12.1. The van der Waals surface area contributed by atoms with E-state index in [2.05, 4.69) is 0 Å². The normalized spacial score (nSPS) is 10.4. The third kappa shape index (κ3) is 2.21. The minimum Gasteiger partial charge on any atom is -0.422 e. The molecule has 20 heavy (non-hydrogen) atoms. The molecule has 2 N–H and O–H groups in total. The molecule has 3 rings (SSSR count). The fourth-order valence-electron chi connectivity index (χ4n) is 2.12. The molecular formula is C17H13NO2. The van der Waals surface area contributed by atoms with Gasteiger partial charge in [-0.15, -0.1) is 0 Å². The molecule has 0 bridgehead atoms. The number of carbonyl (C=O) groups is 1. The Hall–Kier alpha value is -2.81. The van der Waals surface area contributed by atoms with E-state index in [1.807, 2.05) is 30.3 Å². The van der Waals surface area contributed by atoms with Gasteiger partial charge in [-0.25, -0.2) is 4.79 Å². The summed E-state index contributed by atoms with van der Waals surface area (Å²) in [6.07, 6.45) is 0. The Balaban J connectivity index is 2.00. The highest BCUT2D eigenvalue weighted by Crippen LogP contribution is 2.30. The lowest BCUT2D eigenvalue weighted by Crippen LogP contribution is -2.08. The summed E-state index contributed by atoms with van der Waals surface area (Å²) in [5.74, 6) is 0.143. The molecule has 0 aliphatic carbocycles. The van der Waals surface area contributed by atoms with Crippen molar-refractivity contribution in [1.29, 1.82) is 0 Å². The average Bonchev–Trinajstić information content (AvgIpc) is 2.51. The molecule has 0 fully saturated rings. The first-order valence-corrected chi connectivity index (χ1v) is 6.30. The Kier molecular flexibility index (Phi) is 3.09. The van der Waals surface area contributed by atoms with E-state index in [4.69, 9.17) is 10.5 Å². The van der Waals surface area contributed by atoms with Gasteiger partial charge in [0, 0.05) is 16.5 Å². The number of fused-ring (bicyclic) bond motifs is 1. The second-order valence-corrected chi connectivity index (χ2v) is 4.45. The van der Waals surface area contributed by atoms with E-state index in [-0.39, 0.29) is 5.97 Å². The second kappa shape index (κ2) is 5.05. The van der Waals surface area contributed by atoms with Crippen LogP contribution in [0.4, 0.5) is 5.69 Å². The first-order chi connectivity index (χ1) is 9.75. The summed E-state index contributed by atoms with van der Waals surface area (Å²) >= 11 is 0. The van der Waals surface area contributed by atoms with Gasteiger partial charge in [0.25, 0.3) is 0 Å². The Morgan fingerprint density at radius 1 is 0.800 bits per heavy atom. The molecule has 0 amide bonds. The fraction of sp³-hybridized carbons (Fsp3) is 0. The first kappa shape index (κ1) is 12.2. The number of anilines is 1. The Morgan fingerprint density at radius 3 is 2.20 bits per heavy atom. The standard InChI is InChI=1S/C17H13NO2/c18-15-10-11-16(14-9-5-4-8-13(14)15)20-17(19)12-6-2-1-3-7-12/h1-11H,18H2. The molecule has 0 radical (unpaired) electrons. The van der Waals surface area contributed by atoms with E-state index >= 15 is 0 Å². The Labute approximate surface area is 116 Å². The van der Waals surface area contributed by atoms with Crippen LogP contribution in [-0.2, 0) is 0 Å². The third-order valence-electron chi connectivity index (χ3n) is 3.13. The number of hydrogen-bond acceptors (Lipinski definition) is 3. The van der Waals surface area contributed by atoms with E-state index in [0.29, 0.717) is 17.0 Å². The van der Waals surface area contributed by atoms with Crippen LogP contribution in [0.2, 0.25) is 0 Å². The highest BCUT2D eigenvalue weighted by molar-refractivity contribution is 5.99. The molecule has 0 saturated carbocycles. The van der Waals surface area contributed by atoms with Crippen LogP contribution in [0.3, 0.4) is 0 Å². The van der Waals surface area contributed by atoms with Crippen LogP contribution in [0, 0.1) is 0 Å². The number of benzene rings is 3. The predicted octanol–water partition coefficient (Wildman–Crippen LogP) is 3.64. The molecule has 3 aromatic carbocycles. The minimum absolute atomic E-state index is 0.375. The van der Waals surface area contributed by atoms with Crippen molar-refractivity contribution in [2.45, 2.75) is 0 Å². The molecule has 0 heterocycles. The van der Waals surface area contributed by atoms with Crippen molar-refractivity contribution in [3.63, 3.8) is 0 Å². The van der Waals surface area contributed by atoms with Crippen molar-refractivity contribution >= 4 is 22.4 Å². The molecule has 98 valence electrons. The SMILES string of the molecule is Nc1ccc(OC(=O)c2ccccc2)c2ccccc12. The summed E-state index contributed by atoms with van der Waals surface area (Å²) in [5, 5.41) is 1.71. The van der Waals surface area contributed by atoms with E-state index in [9.17, 15) is 4.79 Å². The number of rotatable bonds is 2. The molecule has 0 atom stereocenters. The predicted molar refractivity (Wildman–Crippen MR) is 79.8 cm³/mol. The molecular weight excluding hydrogens is 250 g/mol. The molecule has 0 unspecified atom stereocenters. The maximum absolute atomic E-state index is 12.1. The first-order valence-electron chi connectivity index (χ1n) is 6.30. The van der Waals surface area contributed by atoms with Gasteiger partial charge in [-0.1, -0.05) is 42.5 Å². The van der Waals surface area contributed by atoms with Gasteiger partial charge < -0.3 is 10.5 Å². The van der Waals surface area contributed by atoms with Crippen molar-refractivity contribution in [3.8, 4) is 5.75 Å². The second-order valence-electron chi connectivity index (χ2n) is 4.45. The number of nitrogens with two attached hydrogens (primary N) is 1. The maximum atomic E-state index is 12.1. The van der Waals surface area contributed by atoms with Crippen molar-refractivity contribution in [2.75, 3.05) is 5.73 Å². The van der Waals surface area contributed by atoms with Crippen LogP contribution in [0.1, 0.15) is 10.4 Å². The van der Waals surface area contributed by atoms with Gasteiger partial charge in [-0.3, -0.25) is 0 Å². The molecule has 0 spiro atoms. The van der Waals surface area contributed by atoms with Crippen LogP contribution >= 0.6 is 0 Å². The molecule has 0 saturated heterocycles. The van der Waals surface area contributed by atoms with Gasteiger partial charge in [0.15, 0.2) is 0 Å². The van der Waals surface area contributed by atoms with E-state index in [1.165, 1.54) is 0 Å². The summed E-state index contributed by atoms with van der Waals surface area (Å²) in [7, 11) is 0. The number of ether oxygens (including phenoxy) is 1. The van der Waals surface area contributed by atoms with Gasteiger partial charge in [0.1, 0.15) is 5.75 Å². The summed E-state index contributed by atoms with van der Waals surface area (Å²) in [5.41, 5.74) is 7.11. The lowest BCUT2D eigenvalue weighted by atomic mass is 10.1. The van der Waals surface area contributed by atoms with E-state index in [0.717, 1.165) is 10.8 Å². The minimum atomic E-state index is -0.375. The number of hydrogen-bond donors (Lipinski definition) is 1. The molecule has 3 nitrogen and oxygen atoms in total. The summed E-state index contributed by atoms with van der Waals surface area (Å²) in [6, 6.07) is 20.0. The highest BCUT2D eigenvalue weighted by Gasteiger charge is 2.11. The number of esters is 1. The smallest absolute Gasteiger partial charge is 0.343 e. The van der Waals surface area contributed by atoms with Crippen molar-refractivity contribution in [1.82, 2.24) is 0 Å². The van der Waals surface area contributed by atoms with Gasteiger partial charge in [0.05, 0.1) is 5.56 Å². The Morgan fingerprint density at radius 2 is 1.45 bits per heavy atom.